The Morgan fingerprint density at radius 1 is 1.25 bits per heavy atom. The van der Waals surface area contributed by atoms with E-state index in [1.165, 1.54) is 6.92 Å². The van der Waals surface area contributed by atoms with Crippen LogP contribution in [0.25, 0.3) is 0 Å². The van der Waals surface area contributed by atoms with Crippen LogP contribution >= 0.6 is 0 Å². The van der Waals surface area contributed by atoms with Gasteiger partial charge in [-0.05, 0) is 36.2 Å². The summed E-state index contributed by atoms with van der Waals surface area (Å²) in [5, 5.41) is 9.10. The van der Waals surface area contributed by atoms with E-state index in [0.29, 0.717) is 19.8 Å². The summed E-state index contributed by atoms with van der Waals surface area (Å²) in [4.78, 5) is 17.5. The SMILES string of the molecule is CN(CCOc1ccc(CC2COC(C)(C(=O)O)OC2)cc1)c1ccccn1. The van der Waals surface area contributed by atoms with E-state index in [1.807, 2.05) is 54.4 Å². The first-order chi connectivity index (χ1) is 13.5. The van der Waals surface area contributed by atoms with Crippen molar-refractivity contribution in [2.75, 3.05) is 38.3 Å². The van der Waals surface area contributed by atoms with Crippen molar-refractivity contribution in [3.63, 3.8) is 0 Å². The van der Waals surface area contributed by atoms with Gasteiger partial charge in [-0.1, -0.05) is 18.2 Å². The molecule has 0 aliphatic carbocycles. The number of pyridine rings is 1. The van der Waals surface area contributed by atoms with Gasteiger partial charge in [0.1, 0.15) is 18.2 Å². The van der Waals surface area contributed by atoms with Gasteiger partial charge < -0.3 is 24.2 Å². The van der Waals surface area contributed by atoms with E-state index in [1.54, 1.807) is 6.20 Å². The Morgan fingerprint density at radius 3 is 2.57 bits per heavy atom. The fourth-order valence-corrected chi connectivity index (χ4v) is 2.93. The van der Waals surface area contributed by atoms with Crippen LogP contribution in [0, 0.1) is 5.92 Å². The van der Waals surface area contributed by atoms with Crippen molar-refractivity contribution in [3.8, 4) is 5.75 Å². The molecule has 150 valence electrons. The number of hydrogen-bond acceptors (Lipinski definition) is 6. The predicted octanol–water partition coefficient (Wildman–Crippen LogP) is 2.60. The molecule has 1 aromatic carbocycles. The maximum atomic E-state index is 11.1. The van der Waals surface area contributed by atoms with Gasteiger partial charge in [-0.25, -0.2) is 9.78 Å². The molecule has 2 heterocycles. The van der Waals surface area contributed by atoms with Gasteiger partial charge in [-0.3, -0.25) is 0 Å². The number of aliphatic carboxylic acids is 1. The summed E-state index contributed by atoms with van der Waals surface area (Å²) in [7, 11) is 1.98. The van der Waals surface area contributed by atoms with E-state index in [4.69, 9.17) is 19.3 Å². The Labute approximate surface area is 164 Å². The van der Waals surface area contributed by atoms with Crippen LogP contribution < -0.4 is 9.64 Å². The van der Waals surface area contributed by atoms with Gasteiger partial charge in [0, 0.05) is 26.1 Å². The molecule has 0 bridgehead atoms. The zero-order valence-electron chi connectivity index (χ0n) is 16.2. The van der Waals surface area contributed by atoms with Crippen LogP contribution in [0.4, 0.5) is 5.82 Å². The van der Waals surface area contributed by atoms with Gasteiger partial charge >= 0.3 is 5.97 Å². The Bertz CT molecular complexity index is 758. The Kier molecular flexibility index (Phi) is 6.49. The van der Waals surface area contributed by atoms with Crippen molar-refractivity contribution in [2.24, 2.45) is 5.92 Å². The van der Waals surface area contributed by atoms with Gasteiger partial charge in [0.15, 0.2) is 0 Å². The Hall–Kier alpha value is -2.64. The van der Waals surface area contributed by atoms with Crippen LogP contribution in [0.3, 0.4) is 0 Å². The third-order valence-electron chi connectivity index (χ3n) is 4.76. The second-order valence-corrected chi connectivity index (χ2v) is 7.04. The summed E-state index contributed by atoms with van der Waals surface area (Å²) < 4.78 is 16.6. The molecule has 0 amide bonds. The number of carboxylic acid groups (broad SMARTS) is 1. The molecule has 1 aliphatic rings. The minimum Gasteiger partial charge on any atom is -0.492 e. The summed E-state index contributed by atoms with van der Waals surface area (Å²) in [6, 6.07) is 13.7. The number of benzene rings is 1. The quantitative estimate of drug-likeness (QED) is 0.747. The van der Waals surface area contributed by atoms with Crippen molar-refractivity contribution in [2.45, 2.75) is 19.1 Å². The molecule has 0 spiro atoms. The van der Waals surface area contributed by atoms with Crippen molar-refractivity contribution in [1.82, 2.24) is 4.98 Å². The molecule has 1 saturated heterocycles. The molecule has 7 heteroatoms. The number of anilines is 1. The fourth-order valence-electron chi connectivity index (χ4n) is 2.93. The molecule has 1 N–H and O–H groups in total. The van der Waals surface area contributed by atoms with E-state index in [2.05, 4.69) is 4.98 Å². The van der Waals surface area contributed by atoms with Gasteiger partial charge in [0.25, 0.3) is 5.79 Å². The lowest BCUT2D eigenvalue weighted by molar-refractivity contribution is -0.270. The monoisotopic (exact) mass is 386 g/mol. The van der Waals surface area contributed by atoms with Crippen LogP contribution in [0.2, 0.25) is 0 Å². The molecule has 0 atom stereocenters. The summed E-state index contributed by atoms with van der Waals surface area (Å²) in [6.07, 6.45) is 2.54. The van der Waals surface area contributed by atoms with Crippen molar-refractivity contribution in [1.29, 1.82) is 0 Å². The number of rotatable bonds is 8. The minimum absolute atomic E-state index is 0.131. The van der Waals surface area contributed by atoms with Crippen molar-refractivity contribution < 1.29 is 24.1 Å². The minimum atomic E-state index is -1.53. The molecule has 0 saturated carbocycles. The Morgan fingerprint density at radius 2 is 1.96 bits per heavy atom. The van der Waals surface area contributed by atoms with E-state index in [0.717, 1.165) is 30.1 Å². The number of ether oxygens (including phenoxy) is 3. The lowest BCUT2D eigenvalue weighted by Crippen LogP contribution is -2.48. The fraction of sp³-hybridized carbons (Fsp3) is 0.429. The van der Waals surface area contributed by atoms with Crippen LogP contribution in [0.15, 0.2) is 48.7 Å². The van der Waals surface area contributed by atoms with E-state index >= 15 is 0 Å². The summed E-state index contributed by atoms with van der Waals surface area (Å²) in [5.74, 6) is -0.770. The second-order valence-electron chi connectivity index (χ2n) is 7.04. The zero-order valence-corrected chi connectivity index (χ0v) is 16.2. The smallest absolute Gasteiger partial charge is 0.364 e. The summed E-state index contributed by atoms with van der Waals surface area (Å²) in [5.41, 5.74) is 1.13. The number of nitrogens with zero attached hydrogens (tertiary/aromatic N) is 2. The first-order valence-electron chi connectivity index (χ1n) is 9.31. The predicted molar refractivity (Wildman–Crippen MR) is 105 cm³/mol. The highest BCUT2D eigenvalue weighted by Gasteiger charge is 2.40. The molecule has 3 rings (SSSR count). The average molecular weight is 386 g/mol. The number of carboxylic acids is 1. The van der Waals surface area contributed by atoms with E-state index < -0.39 is 11.8 Å². The first-order valence-corrected chi connectivity index (χ1v) is 9.31. The molecule has 7 nitrogen and oxygen atoms in total. The van der Waals surface area contributed by atoms with Gasteiger partial charge in [0.05, 0.1) is 19.8 Å². The maximum absolute atomic E-state index is 11.1. The molecule has 1 aliphatic heterocycles. The topological polar surface area (TPSA) is 81.1 Å². The highest BCUT2D eigenvalue weighted by atomic mass is 16.7. The zero-order chi connectivity index (χ0) is 20.0. The lowest BCUT2D eigenvalue weighted by Gasteiger charge is -2.34. The number of carbonyl (C=O) groups is 1. The molecule has 0 unspecified atom stereocenters. The van der Waals surface area contributed by atoms with Crippen LogP contribution in [-0.4, -0.2) is 55.3 Å². The van der Waals surface area contributed by atoms with Crippen LogP contribution in [0.1, 0.15) is 12.5 Å². The lowest BCUT2D eigenvalue weighted by atomic mass is 9.99. The van der Waals surface area contributed by atoms with Crippen LogP contribution in [-0.2, 0) is 20.7 Å². The highest BCUT2D eigenvalue weighted by molar-refractivity contribution is 5.75. The standard InChI is InChI=1S/C21H26N2O5/c1-21(20(24)25)27-14-17(15-28-21)13-16-6-8-18(9-7-16)26-12-11-23(2)19-5-3-4-10-22-19/h3-10,17H,11-15H2,1-2H3,(H,24,25). The molecule has 1 aromatic heterocycles. The summed E-state index contributed by atoms with van der Waals surface area (Å²) in [6.45, 7) is 3.45. The molecule has 2 aromatic rings. The average Bonchev–Trinajstić information content (AvgIpc) is 2.71. The van der Waals surface area contributed by atoms with Crippen molar-refractivity contribution >= 4 is 11.8 Å². The number of likely N-dealkylation sites (N-methyl/N-ethyl adjacent to an activating group) is 1. The van der Waals surface area contributed by atoms with Crippen molar-refractivity contribution in [3.05, 3.63) is 54.2 Å². The van der Waals surface area contributed by atoms with Crippen LogP contribution in [0.5, 0.6) is 5.75 Å². The molecular weight excluding hydrogens is 360 g/mol. The van der Waals surface area contributed by atoms with Gasteiger partial charge in [-0.15, -0.1) is 0 Å². The van der Waals surface area contributed by atoms with E-state index in [-0.39, 0.29) is 5.92 Å². The van der Waals surface area contributed by atoms with Gasteiger partial charge in [-0.2, -0.15) is 0 Å². The van der Waals surface area contributed by atoms with Gasteiger partial charge in [0.2, 0.25) is 0 Å². The molecule has 1 fully saturated rings. The van der Waals surface area contributed by atoms with E-state index in [9.17, 15) is 4.79 Å². The number of hydrogen-bond donors (Lipinski definition) is 1. The third-order valence-corrected chi connectivity index (χ3v) is 4.76. The summed E-state index contributed by atoms with van der Waals surface area (Å²) >= 11 is 0. The molecule has 28 heavy (non-hydrogen) atoms. The normalized spacial score (nSPS) is 21.9. The number of aromatic nitrogens is 1. The maximum Gasteiger partial charge on any atom is 0.364 e. The highest BCUT2D eigenvalue weighted by Crippen LogP contribution is 2.24. The second kappa shape index (κ2) is 9.03. The molecule has 0 radical (unpaired) electrons. The largest absolute Gasteiger partial charge is 0.492 e. The third kappa shape index (κ3) is 5.21. The first kappa shape index (κ1) is 20.1. The Balaban J connectivity index is 1.42. The molecular formula is C21H26N2O5.